The number of carboxylic acid groups (broad SMARTS) is 1. The monoisotopic (exact) mass is 410 g/mol. The van der Waals surface area contributed by atoms with Crippen LogP contribution >= 0.6 is 15.9 Å². The molecule has 1 aliphatic rings. The van der Waals surface area contributed by atoms with E-state index in [-0.39, 0.29) is 4.90 Å². The smallest absolute Gasteiger partial charge is 0.314 e. The van der Waals surface area contributed by atoms with Gasteiger partial charge in [0.25, 0.3) is 0 Å². The first-order valence-corrected chi connectivity index (χ1v) is 9.58. The van der Waals surface area contributed by atoms with Crippen LogP contribution in [0.5, 0.6) is 0 Å². The van der Waals surface area contributed by atoms with Gasteiger partial charge in [-0.3, -0.25) is 4.79 Å². The maximum atomic E-state index is 12.9. The number of sulfone groups is 1. The topological polar surface area (TPSA) is 91.7 Å². The second-order valence-corrected chi connectivity index (χ2v) is 8.80. The molecule has 0 heterocycles. The first kappa shape index (κ1) is 17.1. The van der Waals surface area contributed by atoms with E-state index in [1.807, 2.05) is 0 Å². The fourth-order valence-corrected chi connectivity index (χ4v) is 5.92. The Morgan fingerprint density at radius 2 is 1.67 bits per heavy atom. The molecular formula is C17H15BrO5S. The Hall–Kier alpha value is -1.70. The third kappa shape index (κ3) is 2.47. The zero-order valence-electron chi connectivity index (χ0n) is 12.5. The third-order valence-corrected chi connectivity index (χ3v) is 7.37. The van der Waals surface area contributed by atoms with Crippen molar-refractivity contribution >= 4 is 31.7 Å². The van der Waals surface area contributed by atoms with Crippen LogP contribution in [0.3, 0.4) is 0 Å². The van der Waals surface area contributed by atoms with Crippen LogP contribution in [0.1, 0.15) is 11.5 Å². The van der Waals surface area contributed by atoms with Crippen molar-refractivity contribution in [3.63, 3.8) is 0 Å². The van der Waals surface area contributed by atoms with Crippen molar-refractivity contribution in [3.05, 3.63) is 64.6 Å². The molecule has 3 unspecified atom stereocenters. The molecule has 126 valence electrons. The molecular weight excluding hydrogens is 396 g/mol. The van der Waals surface area contributed by atoms with Gasteiger partial charge in [0, 0.05) is 10.4 Å². The highest BCUT2D eigenvalue weighted by Crippen LogP contribution is 2.64. The van der Waals surface area contributed by atoms with Gasteiger partial charge in [0.05, 0.1) is 16.8 Å². The Balaban J connectivity index is 2.11. The first-order chi connectivity index (χ1) is 11.4. The van der Waals surface area contributed by atoms with Gasteiger partial charge >= 0.3 is 5.97 Å². The zero-order chi connectivity index (χ0) is 17.5. The minimum absolute atomic E-state index is 0.0636. The van der Waals surface area contributed by atoms with Crippen LogP contribution in [0.25, 0.3) is 0 Å². The van der Waals surface area contributed by atoms with E-state index < -0.39 is 39.0 Å². The summed E-state index contributed by atoms with van der Waals surface area (Å²) in [6.45, 7) is -0.736. The number of carboxylic acids is 1. The molecule has 0 saturated heterocycles. The number of rotatable bonds is 5. The predicted molar refractivity (Wildman–Crippen MR) is 91.5 cm³/mol. The number of halogens is 1. The number of hydrogen-bond donors (Lipinski definition) is 2. The van der Waals surface area contributed by atoms with Crippen LogP contribution in [0.15, 0.2) is 64.0 Å². The number of carbonyl (C=O) groups is 1. The highest BCUT2D eigenvalue weighted by Gasteiger charge is 2.75. The molecule has 5 nitrogen and oxygen atoms in total. The van der Waals surface area contributed by atoms with E-state index in [0.717, 1.165) is 4.47 Å². The lowest BCUT2D eigenvalue weighted by Crippen LogP contribution is -2.27. The van der Waals surface area contributed by atoms with E-state index in [4.69, 9.17) is 0 Å². The zero-order valence-corrected chi connectivity index (χ0v) is 14.9. The van der Waals surface area contributed by atoms with Gasteiger partial charge in [0.1, 0.15) is 5.41 Å². The van der Waals surface area contributed by atoms with Crippen molar-refractivity contribution < 1.29 is 23.4 Å². The van der Waals surface area contributed by atoms with Gasteiger partial charge < -0.3 is 10.2 Å². The standard InChI is InChI=1S/C17H15BrO5S/c18-12-8-6-11(7-9-12)14-15(17(14,10-19)16(20)21)24(22,23)13-4-2-1-3-5-13/h1-9,14-15,19H,10H2,(H,20,21). The maximum absolute atomic E-state index is 12.9. The second-order valence-electron chi connectivity index (χ2n) is 5.81. The molecule has 0 amide bonds. The first-order valence-electron chi connectivity index (χ1n) is 7.24. The van der Waals surface area contributed by atoms with Crippen LogP contribution in [0.2, 0.25) is 0 Å². The number of aliphatic carboxylic acids is 1. The van der Waals surface area contributed by atoms with Crippen LogP contribution in [-0.4, -0.2) is 36.5 Å². The molecule has 1 fully saturated rings. The number of benzene rings is 2. The summed E-state index contributed by atoms with van der Waals surface area (Å²) in [5.74, 6) is -2.10. The average Bonchev–Trinajstić information content (AvgIpc) is 3.28. The molecule has 1 saturated carbocycles. The Morgan fingerprint density at radius 3 is 2.17 bits per heavy atom. The summed E-state index contributed by atoms with van der Waals surface area (Å²) >= 11 is 3.30. The number of aliphatic hydroxyl groups is 1. The second kappa shape index (κ2) is 5.98. The summed E-state index contributed by atoms with van der Waals surface area (Å²) < 4.78 is 26.7. The van der Waals surface area contributed by atoms with E-state index in [1.54, 1.807) is 42.5 Å². The summed E-state index contributed by atoms with van der Waals surface area (Å²) in [6.07, 6.45) is 0. The minimum atomic E-state index is -3.89. The molecule has 2 aromatic carbocycles. The van der Waals surface area contributed by atoms with Gasteiger partial charge in [-0.2, -0.15) is 0 Å². The van der Waals surface area contributed by atoms with Crippen molar-refractivity contribution in [1.82, 2.24) is 0 Å². The molecule has 0 aromatic heterocycles. The summed E-state index contributed by atoms with van der Waals surface area (Å²) in [5, 5.41) is 18.2. The lowest BCUT2D eigenvalue weighted by Gasteiger charge is -2.09. The number of hydrogen-bond acceptors (Lipinski definition) is 4. The molecule has 3 rings (SSSR count). The van der Waals surface area contributed by atoms with Crippen LogP contribution in [0, 0.1) is 5.41 Å². The van der Waals surface area contributed by atoms with E-state index in [0.29, 0.717) is 5.56 Å². The molecule has 0 spiro atoms. The highest BCUT2D eigenvalue weighted by molar-refractivity contribution is 9.10. The van der Waals surface area contributed by atoms with Crippen molar-refractivity contribution in [3.8, 4) is 0 Å². The van der Waals surface area contributed by atoms with Crippen LogP contribution in [-0.2, 0) is 14.6 Å². The molecule has 1 aliphatic carbocycles. The molecule has 3 atom stereocenters. The molecule has 0 aliphatic heterocycles. The van der Waals surface area contributed by atoms with Gasteiger partial charge in [-0.1, -0.05) is 46.3 Å². The van der Waals surface area contributed by atoms with Gasteiger partial charge in [-0.05, 0) is 29.8 Å². The fourth-order valence-electron chi connectivity index (χ4n) is 3.27. The maximum Gasteiger partial charge on any atom is 0.314 e. The summed E-state index contributed by atoms with van der Waals surface area (Å²) in [7, 11) is -3.89. The largest absolute Gasteiger partial charge is 0.481 e. The van der Waals surface area contributed by atoms with E-state index in [2.05, 4.69) is 15.9 Å². The van der Waals surface area contributed by atoms with Crippen molar-refractivity contribution in [2.24, 2.45) is 5.41 Å². The Morgan fingerprint density at radius 1 is 1.08 bits per heavy atom. The quantitative estimate of drug-likeness (QED) is 0.789. The van der Waals surface area contributed by atoms with E-state index in [1.165, 1.54) is 12.1 Å². The van der Waals surface area contributed by atoms with Gasteiger partial charge in [-0.25, -0.2) is 8.42 Å². The third-order valence-electron chi connectivity index (χ3n) is 4.55. The number of aliphatic hydroxyl groups excluding tert-OH is 1. The SMILES string of the molecule is O=C(O)C1(CO)C(c2ccc(Br)cc2)C1S(=O)(=O)c1ccccc1. The van der Waals surface area contributed by atoms with Crippen molar-refractivity contribution in [2.45, 2.75) is 16.1 Å². The fraction of sp³-hybridized carbons (Fsp3) is 0.235. The van der Waals surface area contributed by atoms with Crippen LogP contribution < -0.4 is 0 Å². The summed E-state index contributed by atoms with van der Waals surface area (Å²) in [4.78, 5) is 11.9. The molecule has 0 radical (unpaired) electrons. The Kier molecular flexibility index (Phi) is 4.27. The molecule has 2 N–H and O–H groups in total. The summed E-state index contributed by atoms with van der Waals surface area (Å²) in [6, 6.07) is 14.6. The van der Waals surface area contributed by atoms with Crippen LogP contribution in [0.4, 0.5) is 0 Å². The Labute approximate surface area is 148 Å². The van der Waals surface area contributed by atoms with Crippen molar-refractivity contribution in [1.29, 1.82) is 0 Å². The predicted octanol–water partition coefficient (Wildman–Crippen LogP) is 2.45. The molecule has 7 heteroatoms. The van der Waals surface area contributed by atoms with Gasteiger partial charge in [-0.15, -0.1) is 0 Å². The van der Waals surface area contributed by atoms with Gasteiger partial charge in [0.2, 0.25) is 0 Å². The molecule has 0 bridgehead atoms. The van der Waals surface area contributed by atoms with Crippen molar-refractivity contribution in [2.75, 3.05) is 6.61 Å². The minimum Gasteiger partial charge on any atom is -0.481 e. The molecule has 24 heavy (non-hydrogen) atoms. The highest BCUT2D eigenvalue weighted by atomic mass is 79.9. The van der Waals surface area contributed by atoms with E-state index >= 15 is 0 Å². The Bertz CT molecular complexity index is 864. The lowest BCUT2D eigenvalue weighted by atomic mass is 10.0. The molecule has 2 aromatic rings. The normalized spacial score (nSPS) is 26.1. The lowest BCUT2D eigenvalue weighted by molar-refractivity contribution is -0.145. The summed E-state index contributed by atoms with van der Waals surface area (Å²) in [5.41, 5.74) is -1.14. The van der Waals surface area contributed by atoms with Gasteiger partial charge in [0.15, 0.2) is 9.84 Å². The average molecular weight is 411 g/mol. The van der Waals surface area contributed by atoms with E-state index in [9.17, 15) is 23.4 Å².